The third-order valence-electron chi connectivity index (χ3n) is 3.29. The second kappa shape index (κ2) is 4.67. The smallest absolute Gasteiger partial charge is 0.138 e. The molecule has 0 bridgehead atoms. The summed E-state index contributed by atoms with van der Waals surface area (Å²) < 4.78 is 1.88. The molecule has 1 saturated heterocycles. The summed E-state index contributed by atoms with van der Waals surface area (Å²) in [5.74, 6) is 0. The third-order valence-corrected chi connectivity index (χ3v) is 3.29. The first kappa shape index (κ1) is 11.2. The molecule has 0 radical (unpaired) electrons. The molecule has 1 aliphatic rings. The number of nitriles is 1. The monoisotopic (exact) mass is 218 g/mol. The summed E-state index contributed by atoms with van der Waals surface area (Å²) in [5.41, 5.74) is 0.676. The quantitative estimate of drug-likeness (QED) is 0.760. The summed E-state index contributed by atoms with van der Waals surface area (Å²) in [5, 5.41) is 13.3. The summed E-state index contributed by atoms with van der Waals surface area (Å²) in [6, 6.07) is 4.92. The molecule has 4 nitrogen and oxygen atoms in total. The van der Waals surface area contributed by atoms with Crippen molar-refractivity contribution < 1.29 is 0 Å². The van der Waals surface area contributed by atoms with Crippen molar-refractivity contribution in [1.29, 1.82) is 5.26 Å². The van der Waals surface area contributed by atoms with Crippen LogP contribution in [0.5, 0.6) is 0 Å². The first-order valence-electron chi connectivity index (χ1n) is 5.90. The van der Waals surface area contributed by atoms with Crippen LogP contribution in [-0.2, 0) is 0 Å². The van der Waals surface area contributed by atoms with Crippen molar-refractivity contribution in [2.75, 3.05) is 13.1 Å². The summed E-state index contributed by atoms with van der Waals surface area (Å²) in [4.78, 5) is 2.46. The molecule has 0 spiro atoms. The SMILES string of the molecule is CC(C)N1CCCC(n2nccc2C#N)C1. The van der Waals surface area contributed by atoms with Gasteiger partial charge in [0.1, 0.15) is 11.8 Å². The predicted molar refractivity (Wildman–Crippen MR) is 61.9 cm³/mol. The predicted octanol–water partition coefficient (Wildman–Crippen LogP) is 1.80. The molecule has 1 fully saturated rings. The van der Waals surface area contributed by atoms with Crippen LogP contribution in [0.2, 0.25) is 0 Å². The van der Waals surface area contributed by atoms with Gasteiger partial charge in [-0.05, 0) is 39.3 Å². The van der Waals surface area contributed by atoms with E-state index in [9.17, 15) is 0 Å². The van der Waals surface area contributed by atoms with Crippen LogP contribution >= 0.6 is 0 Å². The van der Waals surface area contributed by atoms with Crippen molar-refractivity contribution in [2.45, 2.75) is 38.8 Å². The summed E-state index contributed by atoms with van der Waals surface area (Å²) in [6.07, 6.45) is 4.03. The molecule has 0 N–H and O–H groups in total. The van der Waals surface area contributed by atoms with Crippen molar-refractivity contribution >= 4 is 0 Å². The molecular weight excluding hydrogens is 200 g/mol. The average molecular weight is 218 g/mol. The second-order valence-electron chi connectivity index (χ2n) is 4.66. The number of nitrogens with zero attached hydrogens (tertiary/aromatic N) is 4. The lowest BCUT2D eigenvalue weighted by molar-refractivity contribution is 0.137. The van der Waals surface area contributed by atoms with Crippen LogP contribution < -0.4 is 0 Å². The summed E-state index contributed by atoms with van der Waals surface area (Å²) >= 11 is 0. The van der Waals surface area contributed by atoms with Gasteiger partial charge >= 0.3 is 0 Å². The van der Waals surface area contributed by atoms with Gasteiger partial charge in [0, 0.05) is 12.6 Å². The standard InChI is InChI=1S/C12H18N4/c1-10(2)15-7-3-4-12(9-15)16-11(8-13)5-6-14-16/h5-6,10,12H,3-4,7,9H2,1-2H3. The summed E-state index contributed by atoms with van der Waals surface area (Å²) in [7, 11) is 0. The Labute approximate surface area is 96.5 Å². The lowest BCUT2D eigenvalue weighted by atomic mass is 10.0. The molecule has 1 unspecified atom stereocenters. The van der Waals surface area contributed by atoms with Gasteiger partial charge in [0.25, 0.3) is 0 Å². The number of rotatable bonds is 2. The van der Waals surface area contributed by atoms with Crippen LogP contribution in [0.4, 0.5) is 0 Å². The molecule has 2 heterocycles. The zero-order chi connectivity index (χ0) is 11.5. The number of hydrogen-bond donors (Lipinski definition) is 0. The molecule has 1 aliphatic heterocycles. The molecule has 86 valence electrons. The van der Waals surface area contributed by atoms with E-state index < -0.39 is 0 Å². The zero-order valence-electron chi connectivity index (χ0n) is 9.93. The lowest BCUT2D eigenvalue weighted by Gasteiger charge is -2.35. The summed E-state index contributed by atoms with van der Waals surface area (Å²) in [6.45, 7) is 6.61. The van der Waals surface area contributed by atoms with Gasteiger partial charge < -0.3 is 0 Å². The van der Waals surface area contributed by atoms with Crippen LogP contribution in [0.15, 0.2) is 12.3 Å². The number of aromatic nitrogens is 2. The van der Waals surface area contributed by atoms with Gasteiger partial charge in [-0.3, -0.25) is 9.58 Å². The van der Waals surface area contributed by atoms with Crippen molar-refractivity contribution in [3.63, 3.8) is 0 Å². The van der Waals surface area contributed by atoms with E-state index in [1.54, 1.807) is 12.3 Å². The van der Waals surface area contributed by atoms with Crippen LogP contribution in [-0.4, -0.2) is 33.8 Å². The highest BCUT2D eigenvalue weighted by Gasteiger charge is 2.24. The highest BCUT2D eigenvalue weighted by atomic mass is 15.3. The minimum absolute atomic E-state index is 0.362. The van der Waals surface area contributed by atoms with E-state index in [-0.39, 0.29) is 0 Å². The Kier molecular flexibility index (Phi) is 3.25. The highest BCUT2D eigenvalue weighted by molar-refractivity contribution is 5.19. The zero-order valence-corrected chi connectivity index (χ0v) is 9.93. The van der Waals surface area contributed by atoms with Gasteiger partial charge in [-0.25, -0.2) is 0 Å². The molecule has 16 heavy (non-hydrogen) atoms. The Morgan fingerprint density at radius 2 is 2.38 bits per heavy atom. The maximum Gasteiger partial charge on any atom is 0.138 e. The average Bonchev–Trinajstić information content (AvgIpc) is 2.77. The van der Waals surface area contributed by atoms with E-state index >= 15 is 0 Å². The fourth-order valence-electron chi connectivity index (χ4n) is 2.35. The molecule has 1 atom stereocenters. The highest BCUT2D eigenvalue weighted by Crippen LogP contribution is 2.23. The van der Waals surface area contributed by atoms with Crippen LogP contribution in [0.1, 0.15) is 38.4 Å². The third kappa shape index (κ3) is 2.10. The van der Waals surface area contributed by atoms with Gasteiger partial charge in [-0.1, -0.05) is 0 Å². The van der Waals surface area contributed by atoms with Crippen molar-refractivity contribution in [2.24, 2.45) is 0 Å². The molecule has 0 saturated carbocycles. The van der Waals surface area contributed by atoms with Crippen molar-refractivity contribution in [3.8, 4) is 6.07 Å². The van der Waals surface area contributed by atoms with E-state index in [4.69, 9.17) is 5.26 Å². The van der Waals surface area contributed by atoms with Crippen molar-refractivity contribution in [3.05, 3.63) is 18.0 Å². The van der Waals surface area contributed by atoms with Gasteiger partial charge in [0.05, 0.1) is 12.2 Å². The largest absolute Gasteiger partial charge is 0.299 e. The minimum atomic E-state index is 0.362. The minimum Gasteiger partial charge on any atom is -0.299 e. The Balaban J connectivity index is 2.13. The number of hydrogen-bond acceptors (Lipinski definition) is 3. The van der Waals surface area contributed by atoms with Crippen molar-refractivity contribution in [1.82, 2.24) is 14.7 Å². The first-order valence-corrected chi connectivity index (χ1v) is 5.90. The Hall–Kier alpha value is -1.34. The van der Waals surface area contributed by atoms with Gasteiger partial charge in [-0.15, -0.1) is 0 Å². The van der Waals surface area contributed by atoms with Gasteiger partial charge in [-0.2, -0.15) is 10.4 Å². The molecule has 2 rings (SSSR count). The fourth-order valence-corrected chi connectivity index (χ4v) is 2.35. The Morgan fingerprint density at radius 3 is 3.06 bits per heavy atom. The van der Waals surface area contributed by atoms with Gasteiger partial charge in [0.2, 0.25) is 0 Å². The van der Waals surface area contributed by atoms with E-state index in [0.29, 0.717) is 17.8 Å². The number of likely N-dealkylation sites (tertiary alicyclic amines) is 1. The maximum absolute atomic E-state index is 8.99. The topological polar surface area (TPSA) is 44.9 Å². The first-order chi connectivity index (χ1) is 7.72. The normalized spacial score (nSPS) is 22.2. The molecule has 1 aromatic heterocycles. The molecule has 0 amide bonds. The van der Waals surface area contributed by atoms with Crippen LogP contribution in [0, 0.1) is 11.3 Å². The number of piperidine rings is 1. The fraction of sp³-hybridized carbons (Fsp3) is 0.667. The van der Waals surface area contributed by atoms with Crippen LogP contribution in [0.25, 0.3) is 0 Å². The second-order valence-corrected chi connectivity index (χ2v) is 4.66. The Morgan fingerprint density at radius 1 is 1.56 bits per heavy atom. The van der Waals surface area contributed by atoms with Crippen LogP contribution in [0.3, 0.4) is 0 Å². The molecule has 0 aliphatic carbocycles. The maximum atomic E-state index is 8.99. The molecular formula is C12H18N4. The lowest BCUT2D eigenvalue weighted by Crippen LogP contribution is -2.41. The van der Waals surface area contributed by atoms with Gasteiger partial charge in [0.15, 0.2) is 0 Å². The van der Waals surface area contributed by atoms with E-state index in [0.717, 1.165) is 19.5 Å². The van der Waals surface area contributed by atoms with E-state index in [2.05, 4.69) is 29.9 Å². The molecule has 4 heteroatoms. The molecule has 1 aromatic rings. The Bertz CT molecular complexity index is 388. The van der Waals surface area contributed by atoms with E-state index in [1.807, 2.05) is 4.68 Å². The van der Waals surface area contributed by atoms with E-state index in [1.165, 1.54) is 6.42 Å². The molecule has 0 aromatic carbocycles.